The van der Waals surface area contributed by atoms with Crippen molar-refractivity contribution in [1.29, 1.82) is 0 Å². The fourth-order valence-corrected chi connectivity index (χ4v) is 7.35. The number of hydrogen-bond acceptors (Lipinski definition) is 4. The minimum atomic E-state index is -2.03. The lowest BCUT2D eigenvalue weighted by atomic mass is 9.64. The van der Waals surface area contributed by atoms with Gasteiger partial charge in [-0.25, -0.2) is 9.52 Å². The lowest BCUT2D eigenvalue weighted by molar-refractivity contribution is -0.00308. The van der Waals surface area contributed by atoms with Gasteiger partial charge in [-0.2, -0.15) is 0 Å². The van der Waals surface area contributed by atoms with Gasteiger partial charge < -0.3 is 19.3 Å². The lowest BCUT2D eigenvalue weighted by Crippen LogP contribution is -2.47. The molecule has 0 unspecified atom stereocenters. The second kappa shape index (κ2) is 13.6. The second-order valence-corrected chi connectivity index (χ2v) is 19.9. The second-order valence-electron chi connectivity index (χ2n) is 15.2. The molecule has 1 heterocycles. The maximum Gasteiger partial charge on any atom is 0.407 e. The number of nitrogens with zero attached hydrogens (tertiary/aromatic N) is 1. The van der Waals surface area contributed by atoms with E-state index in [2.05, 4.69) is 96.5 Å². The molecule has 1 amide bonds. The summed E-state index contributed by atoms with van der Waals surface area (Å²) in [6.45, 7) is 18.6. The Kier molecular flexibility index (Phi) is 9.92. The highest BCUT2D eigenvalue weighted by molar-refractivity contribution is 6.74. The normalized spacial score (nSPS) is 19.1. The quantitative estimate of drug-likeness (QED) is 0.175. The largest absolute Gasteiger partial charge is 0.469 e. The fourth-order valence-electron chi connectivity index (χ4n) is 6.43. The average Bonchev–Trinajstić information content (AvgIpc) is 3.34. The van der Waals surface area contributed by atoms with Crippen molar-refractivity contribution in [2.75, 3.05) is 6.54 Å². The Morgan fingerprint density at radius 1 is 0.891 bits per heavy atom. The highest BCUT2D eigenvalue weighted by Crippen LogP contribution is 2.44. The Balaban J connectivity index is 1.22. The molecule has 1 aromatic heterocycles. The molecule has 1 aliphatic carbocycles. The molecular weight excluding hydrogens is 589 g/mol. The Morgan fingerprint density at radius 3 is 2.24 bits per heavy atom. The number of carbonyl (C=O) groups excluding carboxylic acids is 1. The highest BCUT2D eigenvalue weighted by atomic mass is 28.4. The number of nitrogens with one attached hydrogen (secondary N) is 1. The molecule has 246 valence electrons. The van der Waals surface area contributed by atoms with Crippen molar-refractivity contribution in [1.82, 2.24) is 10.0 Å². The monoisotopic (exact) mass is 640 g/mol. The molecular formula is C39H52N2O4Si. The number of ether oxygens (including phenoxy) is 2. The van der Waals surface area contributed by atoms with Crippen LogP contribution in [0.2, 0.25) is 18.1 Å². The molecule has 46 heavy (non-hydrogen) atoms. The van der Waals surface area contributed by atoms with Crippen LogP contribution in [0.5, 0.6) is 11.5 Å². The molecule has 3 atom stereocenters. The number of hydrogen-bond donors (Lipinski definition) is 1. The number of benzene rings is 3. The third-order valence-corrected chi connectivity index (χ3v) is 14.6. The molecule has 0 aliphatic heterocycles. The summed E-state index contributed by atoms with van der Waals surface area (Å²) in [6.07, 6.45) is 5.31. The Labute approximate surface area is 276 Å². The van der Waals surface area contributed by atoms with E-state index < -0.39 is 8.32 Å². The molecule has 3 aromatic carbocycles. The first kappa shape index (κ1) is 33.6. The van der Waals surface area contributed by atoms with E-state index in [0.29, 0.717) is 18.9 Å². The van der Waals surface area contributed by atoms with Gasteiger partial charge in [0.1, 0.15) is 17.6 Å². The third-order valence-electron chi connectivity index (χ3n) is 10.4. The zero-order chi connectivity index (χ0) is 33.1. The van der Waals surface area contributed by atoms with Gasteiger partial charge in [0.25, 0.3) is 8.32 Å². The number of rotatable bonds is 10. The summed E-state index contributed by atoms with van der Waals surface area (Å²) in [5.74, 6) is 2.35. The van der Waals surface area contributed by atoms with Crippen LogP contribution in [0.25, 0.3) is 10.9 Å². The van der Waals surface area contributed by atoms with E-state index >= 15 is 0 Å². The van der Waals surface area contributed by atoms with Crippen molar-refractivity contribution in [3.8, 4) is 11.5 Å². The zero-order valence-electron chi connectivity index (χ0n) is 28.9. The molecule has 0 radical (unpaired) electrons. The number of carbonyl (C=O) groups is 1. The van der Waals surface area contributed by atoms with Crippen molar-refractivity contribution in [2.45, 2.75) is 96.9 Å². The smallest absolute Gasteiger partial charge is 0.407 e. The van der Waals surface area contributed by atoms with Crippen molar-refractivity contribution < 1.29 is 18.8 Å². The van der Waals surface area contributed by atoms with Gasteiger partial charge in [0, 0.05) is 24.0 Å². The van der Waals surface area contributed by atoms with Crippen molar-refractivity contribution >= 4 is 25.3 Å². The summed E-state index contributed by atoms with van der Waals surface area (Å²) in [5.41, 5.74) is 3.26. The van der Waals surface area contributed by atoms with E-state index in [1.54, 1.807) is 0 Å². The van der Waals surface area contributed by atoms with Gasteiger partial charge in [0.15, 0.2) is 0 Å². The molecule has 4 aromatic rings. The van der Waals surface area contributed by atoms with Crippen LogP contribution in [0.1, 0.15) is 71.9 Å². The molecule has 1 fully saturated rings. The third kappa shape index (κ3) is 7.63. The first-order valence-corrected chi connectivity index (χ1v) is 19.7. The van der Waals surface area contributed by atoms with E-state index in [9.17, 15) is 4.79 Å². The van der Waals surface area contributed by atoms with Gasteiger partial charge in [0.05, 0.1) is 5.52 Å². The minimum Gasteiger partial charge on any atom is -0.469 e. The van der Waals surface area contributed by atoms with Crippen molar-refractivity contribution in [2.24, 2.45) is 11.8 Å². The Bertz CT molecular complexity index is 1600. The van der Waals surface area contributed by atoms with Gasteiger partial charge in [-0.15, -0.1) is 0 Å². The van der Waals surface area contributed by atoms with Crippen LogP contribution in [0.15, 0.2) is 85.1 Å². The Hall–Kier alpha value is -3.71. The van der Waals surface area contributed by atoms with E-state index in [0.717, 1.165) is 47.2 Å². The number of para-hydroxylation sites is 2. The SMILES string of the molecule is C[C@@H]1CC[C@@H](C(C)(C)c2ccc(Oc3ccccc3)cc2)[C@H](OC(=O)NCCc2cn(O[Si](C)(C)C(C)(C)C)c3ccccc23)C1. The summed E-state index contributed by atoms with van der Waals surface area (Å²) < 4.78 is 20.8. The zero-order valence-corrected chi connectivity index (χ0v) is 29.9. The molecule has 0 saturated heterocycles. The van der Waals surface area contributed by atoms with Gasteiger partial charge in [-0.3, -0.25) is 0 Å². The number of alkyl carbamates (subject to hydrolysis) is 1. The first-order chi connectivity index (χ1) is 21.7. The summed E-state index contributed by atoms with van der Waals surface area (Å²) in [4.78, 5) is 13.2. The van der Waals surface area contributed by atoms with Crippen LogP contribution < -0.4 is 14.6 Å². The summed E-state index contributed by atoms with van der Waals surface area (Å²) in [5, 5.41) is 4.31. The van der Waals surface area contributed by atoms with Crippen LogP contribution in [0.3, 0.4) is 0 Å². The lowest BCUT2D eigenvalue weighted by Gasteiger charge is -2.43. The van der Waals surface area contributed by atoms with Gasteiger partial charge in [0.2, 0.25) is 0 Å². The van der Waals surface area contributed by atoms with Crippen LogP contribution in [0.4, 0.5) is 4.79 Å². The molecule has 5 rings (SSSR count). The maximum absolute atomic E-state index is 13.2. The predicted molar refractivity (Wildman–Crippen MR) is 190 cm³/mol. The van der Waals surface area contributed by atoms with E-state index in [-0.39, 0.29) is 28.6 Å². The molecule has 7 heteroatoms. The molecule has 1 saturated carbocycles. The molecule has 6 nitrogen and oxygen atoms in total. The predicted octanol–water partition coefficient (Wildman–Crippen LogP) is 9.92. The number of fused-ring (bicyclic) bond motifs is 1. The Morgan fingerprint density at radius 2 is 1.54 bits per heavy atom. The summed E-state index contributed by atoms with van der Waals surface area (Å²) >= 11 is 0. The highest BCUT2D eigenvalue weighted by Gasteiger charge is 2.42. The molecule has 0 spiro atoms. The van der Waals surface area contributed by atoms with Gasteiger partial charge >= 0.3 is 6.09 Å². The van der Waals surface area contributed by atoms with E-state index in [4.69, 9.17) is 14.0 Å². The molecule has 0 bridgehead atoms. The molecule has 1 N–H and O–H groups in total. The van der Waals surface area contributed by atoms with E-state index in [1.807, 2.05) is 53.3 Å². The van der Waals surface area contributed by atoms with Crippen LogP contribution in [-0.4, -0.2) is 31.8 Å². The van der Waals surface area contributed by atoms with Crippen molar-refractivity contribution in [3.63, 3.8) is 0 Å². The average molecular weight is 641 g/mol. The summed E-state index contributed by atoms with van der Waals surface area (Å²) in [7, 11) is -2.03. The topological polar surface area (TPSA) is 61.7 Å². The van der Waals surface area contributed by atoms with Crippen LogP contribution in [-0.2, 0) is 16.6 Å². The fraction of sp³-hybridized carbons (Fsp3) is 0.462. The minimum absolute atomic E-state index is 0.0904. The van der Waals surface area contributed by atoms with Crippen LogP contribution in [0, 0.1) is 11.8 Å². The molecule has 1 aliphatic rings. The first-order valence-electron chi connectivity index (χ1n) is 16.8. The van der Waals surface area contributed by atoms with Gasteiger partial charge in [-0.1, -0.05) is 96.5 Å². The number of amides is 1. The van der Waals surface area contributed by atoms with E-state index in [1.165, 1.54) is 5.56 Å². The van der Waals surface area contributed by atoms with Crippen molar-refractivity contribution in [3.05, 3.63) is 96.2 Å². The standard InChI is InChI=1S/C39H52N2O4Si/c1-28-18-23-34(39(5,6)30-19-21-32(22-20-30)43-31-14-10-9-11-15-31)36(26-28)44-37(42)40-25-24-29-27-41(35-17-13-12-16-33(29)35)45-46(7,8)38(2,3)4/h9-17,19-22,27-28,34,36H,18,23-26H2,1-8H3,(H,40,42)/t28-,34-,36-/m1/s1. The maximum atomic E-state index is 13.2. The summed E-state index contributed by atoms with van der Waals surface area (Å²) in [6, 6.07) is 26.5. The number of aromatic nitrogens is 1. The van der Waals surface area contributed by atoms with Crippen LogP contribution >= 0.6 is 0 Å². The van der Waals surface area contributed by atoms with Gasteiger partial charge in [-0.05, 0) is 90.2 Å².